The van der Waals surface area contributed by atoms with E-state index in [1.165, 1.54) is 19.1 Å². The van der Waals surface area contributed by atoms with Crippen molar-refractivity contribution in [2.75, 3.05) is 0 Å². The molecule has 0 radical (unpaired) electrons. The number of halogens is 3. The number of alkyl halides is 3. The van der Waals surface area contributed by atoms with Crippen LogP contribution in [0.25, 0.3) is 0 Å². The van der Waals surface area contributed by atoms with Crippen molar-refractivity contribution in [1.82, 2.24) is 0 Å². The number of rotatable bonds is 1. The monoisotopic (exact) mass is 334 g/mol. The predicted octanol–water partition coefficient (Wildman–Crippen LogP) is 2.94. The molecule has 2 heterocycles. The first-order chi connectivity index (χ1) is 10.0. The molecular formula is C15H17F3O3S. The van der Waals surface area contributed by atoms with E-state index in [1.807, 2.05) is 0 Å². The molecule has 2 bridgehead atoms. The summed E-state index contributed by atoms with van der Waals surface area (Å²) in [5.41, 5.74) is -1.67. The summed E-state index contributed by atoms with van der Waals surface area (Å²) < 4.78 is 62.6. The van der Waals surface area contributed by atoms with E-state index >= 15 is 0 Å². The van der Waals surface area contributed by atoms with Crippen molar-refractivity contribution in [2.45, 2.75) is 54.9 Å². The normalized spacial score (nSPS) is 33.9. The summed E-state index contributed by atoms with van der Waals surface area (Å²) in [7, 11) is -3.19. The Hall–Kier alpha value is -1.08. The van der Waals surface area contributed by atoms with Gasteiger partial charge in [-0.2, -0.15) is 13.2 Å². The van der Waals surface area contributed by atoms with Gasteiger partial charge in [-0.25, -0.2) is 8.42 Å². The van der Waals surface area contributed by atoms with Crippen LogP contribution in [0.15, 0.2) is 18.2 Å². The SMILES string of the molecule is Cc1cc(C2(O)CC3CCC(C2)S3(=O)=O)ccc1C(F)(F)F. The van der Waals surface area contributed by atoms with E-state index < -0.39 is 37.7 Å². The van der Waals surface area contributed by atoms with Crippen molar-refractivity contribution in [1.29, 1.82) is 0 Å². The number of sulfone groups is 1. The van der Waals surface area contributed by atoms with Crippen LogP contribution in [0.4, 0.5) is 13.2 Å². The molecule has 2 unspecified atom stereocenters. The lowest BCUT2D eigenvalue weighted by Gasteiger charge is -2.37. The van der Waals surface area contributed by atoms with Gasteiger partial charge in [0, 0.05) is 0 Å². The maximum absolute atomic E-state index is 12.8. The zero-order valence-electron chi connectivity index (χ0n) is 12.0. The molecule has 1 aromatic carbocycles. The zero-order valence-corrected chi connectivity index (χ0v) is 12.8. The molecule has 0 saturated carbocycles. The first kappa shape index (κ1) is 15.8. The van der Waals surface area contributed by atoms with Crippen molar-refractivity contribution >= 4 is 9.84 Å². The minimum Gasteiger partial charge on any atom is -0.385 e. The number of hydrogen-bond donors (Lipinski definition) is 1. The number of aliphatic hydroxyl groups is 1. The van der Waals surface area contributed by atoms with Crippen molar-refractivity contribution in [3.63, 3.8) is 0 Å². The van der Waals surface area contributed by atoms with Crippen LogP contribution in [-0.2, 0) is 21.6 Å². The fourth-order valence-electron chi connectivity index (χ4n) is 3.75. The minimum atomic E-state index is -4.43. The van der Waals surface area contributed by atoms with Gasteiger partial charge in [-0.3, -0.25) is 0 Å². The van der Waals surface area contributed by atoms with E-state index in [0.717, 1.165) is 6.07 Å². The average molecular weight is 334 g/mol. The van der Waals surface area contributed by atoms with E-state index in [1.54, 1.807) is 0 Å². The van der Waals surface area contributed by atoms with Gasteiger partial charge < -0.3 is 5.11 Å². The van der Waals surface area contributed by atoms with Crippen LogP contribution >= 0.6 is 0 Å². The zero-order chi connectivity index (χ0) is 16.3. The first-order valence-electron chi connectivity index (χ1n) is 7.17. The molecule has 0 aromatic heterocycles. The summed E-state index contributed by atoms with van der Waals surface area (Å²) in [5.74, 6) is 0. The smallest absolute Gasteiger partial charge is 0.385 e. The summed E-state index contributed by atoms with van der Waals surface area (Å²) in [5, 5.41) is 9.66. The fraction of sp³-hybridized carbons (Fsp3) is 0.600. The summed E-state index contributed by atoms with van der Waals surface area (Å²) in [6.07, 6.45) is -3.25. The maximum atomic E-state index is 12.8. The van der Waals surface area contributed by atoms with Crippen LogP contribution in [0.2, 0.25) is 0 Å². The molecule has 7 heteroatoms. The Labute approximate surface area is 127 Å². The van der Waals surface area contributed by atoms with Crippen molar-refractivity contribution in [2.24, 2.45) is 0 Å². The quantitative estimate of drug-likeness (QED) is 0.859. The van der Waals surface area contributed by atoms with Gasteiger partial charge in [0.2, 0.25) is 0 Å². The second kappa shape index (κ2) is 4.71. The van der Waals surface area contributed by atoms with Gasteiger partial charge in [-0.15, -0.1) is 0 Å². The molecular weight excluding hydrogens is 317 g/mol. The summed E-state index contributed by atoms with van der Waals surface area (Å²) in [6, 6.07) is 3.57. The highest BCUT2D eigenvalue weighted by atomic mass is 32.2. The van der Waals surface area contributed by atoms with Gasteiger partial charge in [-0.1, -0.05) is 12.1 Å². The third kappa shape index (κ3) is 2.34. The molecule has 1 N–H and O–H groups in total. The highest BCUT2D eigenvalue weighted by Gasteiger charge is 2.53. The largest absolute Gasteiger partial charge is 0.416 e. The molecule has 3 rings (SSSR count). The molecule has 2 aliphatic rings. The lowest BCUT2D eigenvalue weighted by molar-refractivity contribution is -0.138. The topological polar surface area (TPSA) is 54.4 Å². The second-order valence-corrected chi connectivity index (χ2v) is 8.89. The molecule has 3 nitrogen and oxygen atoms in total. The lowest BCUT2D eigenvalue weighted by Crippen LogP contribution is -2.43. The van der Waals surface area contributed by atoms with Gasteiger partial charge in [0.25, 0.3) is 0 Å². The third-order valence-electron chi connectivity index (χ3n) is 4.94. The van der Waals surface area contributed by atoms with Crippen LogP contribution in [0.3, 0.4) is 0 Å². The second-order valence-electron chi connectivity index (χ2n) is 6.38. The van der Waals surface area contributed by atoms with Gasteiger partial charge in [0.1, 0.15) is 0 Å². The van der Waals surface area contributed by atoms with Crippen molar-refractivity contribution in [3.8, 4) is 0 Å². The van der Waals surface area contributed by atoms with E-state index in [9.17, 15) is 26.7 Å². The third-order valence-corrected chi connectivity index (χ3v) is 7.60. The molecule has 2 fully saturated rings. The highest BCUT2D eigenvalue weighted by Crippen LogP contribution is 2.48. The van der Waals surface area contributed by atoms with Crippen molar-refractivity contribution in [3.05, 3.63) is 34.9 Å². The van der Waals surface area contributed by atoms with Crippen LogP contribution in [0, 0.1) is 6.92 Å². The predicted molar refractivity (Wildman–Crippen MR) is 75.0 cm³/mol. The molecule has 0 aliphatic carbocycles. The molecule has 22 heavy (non-hydrogen) atoms. The van der Waals surface area contributed by atoms with Crippen molar-refractivity contribution < 1.29 is 26.7 Å². The Bertz CT molecular complexity index is 689. The van der Waals surface area contributed by atoms with Crippen LogP contribution in [-0.4, -0.2) is 24.0 Å². The Morgan fingerprint density at radius 2 is 1.73 bits per heavy atom. The van der Waals surface area contributed by atoms with Gasteiger partial charge in [0.15, 0.2) is 9.84 Å². The molecule has 2 saturated heterocycles. The summed E-state index contributed by atoms with van der Waals surface area (Å²) >= 11 is 0. The Morgan fingerprint density at radius 3 is 2.18 bits per heavy atom. The van der Waals surface area contributed by atoms with Crippen LogP contribution < -0.4 is 0 Å². The van der Waals surface area contributed by atoms with Crippen LogP contribution in [0.5, 0.6) is 0 Å². The highest BCUT2D eigenvalue weighted by molar-refractivity contribution is 7.93. The molecule has 2 aliphatic heterocycles. The standard InChI is InChI=1S/C15H17F3O3S/c1-9-6-10(2-5-13(9)15(16,17)18)14(19)7-11-3-4-12(8-14)22(11,20)21/h2,5-6,11-12,19H,3-4,7-8H2,1H3. The number of aryl methyl sites for hydroxylation is 1. The van der Waals surface area contributed by atoms with E-state index in [4.69, 9.17) is 0 Å². The van der Waals surface area contributed by atoms with E-state index in [0.29, 0.717) is 18.4 Å². The average Bonchev–Trinajstić information content (AvgIpc) is 2.58. The number of hydrogen-bond acceptors (Lipinski definition) is 3. The Kier molecular flexibility index (Phi) is 3.38. The molecule has 1 aromatic rings. The van der Waals surface area contributed by atoms with Crippen LogP contribution in [0.1, 0.15) is 42.4 Å². The maximum Gasteiger partial charge on any atom is 0.416 e. The molecule has 2 atom stereocenters. The molecule has 122 valence electrons. The number of benzene rings is 1. The van der Waals surface area contributed by atoms with E-state index in [2.05, 4.69) is 0 Å². The minimum absolute atomic E-state index is 0.0409. The summed E-state index contributed by atoms with van der Waals surface area (Å²) in [4.78, 5) is 0. The lowest BCUT2D eigenvalue weighted by atomic mass is 9.84. The first-order valence-corrected chi connectivity index (χ1v) is 8.78. The molecule has 0 amide bonds. The Balaban J connectivity index is 1.97. The fourth-order valence-corrected chi connectivity index (χ4v) is 6.24. The summed E-state index contributed by atoms with van der Waals surface area (Å²) in [6.45, 7) is 1.35. The molecule has 0 spiro atoms. The van der Waals surface area contributed by atoms with E-state index in [-0.39, 0.29) is 18.4 Å². The Morgan fingerprint density at radius 1 is 1.18 bits per heavy atom. The van der Waals surface area contributed by atoms with Gasteiger partial charge >= 0.3 is 6.18 Å². The number of fused-ring (bicyclic) bond motifs is 2. The van der Waals surface area contributed by atoms with Gasteiger partial charge in [0.05, 0.1) is 21.7 Å². The van der Waals surface area contributed by atoms with Gasteiger partial charge in [-0.05, 0) is 49.8 Å².